The van der Waals surface area contributed by atoms with Crippen LogP contribution in [0.4, 0.5) is 17.1 Å². The maximum Gasteiger partial charge on any atom is 0.0541 e. The summed E-state index contributed by atoms with van der Waals surface area (Å²) in [6.45, 7) is 4.79. The van der Waals surface area contributed by atoms with E-state index in [-0.39, 0.29) is 5.41 Å². The molecule has 1 aliphatic rings. The van der Waals surface area contributed by atoms with Gasteiger partial charge in [0.25, 0.3) is 0 Å². The molecule has 0 unspecified atom stereocenters. The summed E-state index contributed by atoms with van der Waals surface area (Å²) < 4.78 is 4.84. The van der Waals surface area contributed by atoms with Crippen molar-refractivity contribution < 1.29 is 0 Å². The van der Waals surface area contributed by atoms with Gasteiger partial charge in [-0.3, -0.25) is 0 Å². The van der Waals surface area contributed by atoms with Gasteiger partial charge in [0.1, 0.15) is 0 Å². The maximum atomic E-state index is 2.47. The van der Waals surface area contributed by atoms with Crippen LogP contribution in [0.1, 0.15) is 25.0 Å². The van der Waals surface area contributed by atoms with E-state index in [1.807, 2.05) is 0 Å². The van der Waals surface area contributed by atoms with Gasteiger partial charge in [0.2, 0.25) is 0 Å². The van der Waals surface area contributed by atoms with Crippen LogP contribution in [0.2, 0.25) is 0 Å². The monoisotopic (exact) mass is 995 g/mol. The van der Waals surface area contributed by atoms with E-state index in [2.05, 4.69) is 313 Å². The zero-order valence-corrected chi connectivity index (χ0v) is 43.5. The Morgan fingerprint density at radius 1 is 0.256 bits per heavy atom. The van der Waals surface area contributed by atoms with E-state index in [4.69, 9.17) is 0 Å². The van der Waals surface area contributed by atoms with Crippen molar-refractivity contribution in [3.8, 4) is 67.0 Å². The second kappa shape index (κ2) is 18.1. The maximum absolute atomic E-state index is 2.47. The summed E-state index contributed by atoms with van der Waals surface area (Å²) in [7, 11) is 0. The quantitative estimate of drug-likeness (QED) is 0.140. The normalized spacial score (nSPS) is 12.6. The van der Waals surface area contributed by atoms with Crippen LogP contribution >= 0.6 is 0 Å². The number of hydrogen-bond donors (Lipinski definition) is 0. The van der Waals surface area contributed by atoms with E-state index in [0.29, 0.717) is 0 Å². The fourth-order valence-electron chi connectivity index (χ4n) is 12.6. The molecule has 2 aromatic heterocycles. The molecule has 0 radical (unpaired) electrons. The largest absolute Gasteiger partial charge is 0.310 e. The molecule has 1 aliphatic carbocycles. The molecular formula is C75H53N3. The SMILES string of the molecule is CC1(C)c2cc(N(c3ccc(-c4ccccc4)cc3)c3ccc(-c4ccccc4)cc3)ccc2-c2ccc(-n3c4ccccc4c4cc(-c5ccc(-c6ccc7c(c6)c6ccccc6n7-c6ccccc6)cc5)ccc43)cc21. The number of para-hydroxylation sites is 3. The van der Waals surface area contributed by atoms with Gasteiger partial charge in [0.15, 0.2) is 0 Å². The standard InChI is InChI=1S/C75H53N3/c1-75(2)69-48-61(76(59-36-30-52(31-37-59)50-16-6-3-7-17-50)60-38-32-53(33-39-60)51-18-8-4-9-19-51)40-42-63(69)64-43-41-62(49-70(64)75)78-72-25-15-13-23-66(72)68-47-57(35-45-74(68)78)55-28-26-54(27-29-55)56-34-44-73-67(46-56)65-22-12-14-24-71(65)77(73)58-20-10-5-11-21-58/h3-49H,1-2H3. The highest BCUT2D eigenvalue weighted by molar-refractivity contribution is 6.12. The van der Waals surface area contributed by atoms with Crippen molar-refractivity contribution in [3.63, 3.8) is 0 Å². The molecular weight excluding hydrogens is 943 g/mol. The van der Waals surface area contributed by atoms with Gasteiger partial charge in [0.05, 0.1) is 22.1 Å². The molecule has 0 fully saturated rings. The predicted molar refractivity (Wildman–Crippen MR) is 329 cm³/mol. The first-order chi connectivity index (χ1) is 38.4. The molecule has 0 N–H and O–H groups in total. The number of fused-ring (bicyclic) bond motifs is 9. The molecule has 3 heteroatoms. The summed E-state index contributed by atoms with van der Waals surface area (Å²) in [6.07, 6.45) is 0. The Kier molecular flexibility index (Phi) is 10.6. The fourth-order valence-corrected chi connectivity index (χ4v) is 12.6. The minimum Gasteiger partial charge on any atom is -0.310 e. The molecule has 14 aromatic rings. The second-order valence-corrected chi connectivity index (χ2v) is 21.3. The molecule has 368 valence electrons. The van der Waals surface area contributed by atoms with E-state index in [9.17, 15) is 0 Å². The molecule has 78 heavy (non-hydrogen) atoms. The van der Waals surface area contributed by atoms with Crippen molar-refractivity contribution >= 4 is 60.7 Å². The van der Waals surface area contributed by atoms with Gasteiger partial charge in [-0.2, -0.15) is 0 Å². The number of hydrogen-bond acceptors (Lipinski definition) is 1. The highest BCUT2D eigenvalue weighted by atomic mass is 15.1. The van der Waals surface area contributed by atoms with Crippen LogP contribution in [0, 0.1) is 0 Å². The molecule has 0 saturated carbocycles. The van der Waals surface area contributed by atoms with E-state index in [0.717, 1.165) is 17.1 Å². The fraction of sp³-hybridized carbons (Fsp3) is 0.0400. The molecule has 12 aromatic carbocycles. The molecule has 15 rings (SSSR count). The summed E-state index contributed by atoms with van der Waals surface area (Å²) in [5.74, 6) is 0. The first kappa shape index (κ1) is 45.4. The smallest absolute Gasteiger partial charge is 0.0541 e. The van der Waals surface area contributed by atoms with Crippen LogP contribution in [-0.4, -0.2) is 9.13 Å². The molecule has 0 spiro atoms. The van der Waals surface area contributed by atoms with Crippen LogP contribution in [-0.2, 0) is 5.41 Å². The molecule has 0 amide bonds. The Labute approximate surface area is 454 Å². The predicted octanol–water partition coefficient (Wildman–Crippen LogP) is 20.3. The first-order valence-corrected chi connectivity index (χ1v) is 27.1. The lowest BCUT2D eigenvalue weighted by Gasteiger charge is -2.28. The van der Waals surface area contributed by atoms with E-state index >= 15 is 0 Å². The van der Waals surface area contributed by atoms with Gasteiger partial charge in [-0.1, -0.05) is 202 Å². The Morgan fingerprint density at radius 2 is 0.615 bits per heavy atom. The van der Waals surface area contributed by atoms with Crippen molar-refractivity contribution in [2.24, 2.45) is 0 Å². The van der Waals surface area contributed by atoms with Crippen LogP contribution in [0.25, 0.3) is 111 Å². The van der Waals surface area contributed by atoms with Crippen molar-refractivity contribution in [2.75, 3.05) is 4.90 Å². The lowest BCUT2D eigenvalue weighted by atomic mass is 9.82. The molecule has 0 bridgehead atoms. The Bertz CT molecular complexity index is 4500. The molecule has 0 saturated heterocycles. The zero-order valence-electron chi connectivity index (χ0n) is 43.5. The van der Waals surface area contributed by atoms with Crippen molar-refractivity contribution in [3.05, 3.63) is 296 Å². The van der Waals surface area contributed by atoms with Crippen LogP contribution in [0.15, 0.2) is 285 Å². The summed E-state index contributed by atoms with van der Waals surface area (Å²) >= 11 is 0. The highest BCUT2D eigenvalue weighted by Crippen LogP contribution is 2.52. The number of anilines is 3. The van der Waals surface area contributed by atoms with E-state index in [1.165, 1.54) is 122 Å². The van der Waals surface area contributed by atoms with Crippen molar-refractivity contribution in [2.45, 2.75) is 19.3 Å². The summed E-state index contributed by atoms with van der Waals surface area (Å²) in [5.41, 5.74) is 25.1. The average Bonchev–Trinajstić information content (AvgIpc) is 4.32. The third-order valence-corrected chi connectivity index (χ3v) is 16.5. The minimum absolute atomic E-state index is 0.262. The van der Waals surface area contributed by atoms with E-state index < -0.39 is 0 Å². The number of nitrogens with zero attached hydrogens (tertiary/aromatic N) is 3. The second-order valence-electron chi connectivity index (χ2n) is 21.3. The van der Waals surface area contributed by atoms with Gasteiger partial charge in [0, 0.05) is 55.4 Å². The van der Waals surface area contributed by atoms with Crippen molar-refractivity contribution in [1.29, 1.82) is 0 Å². The molecule has 2 heterocycles. The minimum atomic E-state index is -0.262. The Hall–Kier alpha value is -9.96. The lowest BCUT2D eigenvalue weighted by Crippen LogP contribution is -2.17. The number of aromatic nitrogens is 2. The Morgan fingerprint density at radius 3 is 1.13 bits per heavy atom. The van der Waals surface area contributed by atoms with Crippen molar-refractivity contribution in [1.82, 2.24) is 9.13 Å². The van der Waals surface area contributed by atoms with Crippen LogP contribution in [0.5, 0.6) is 0 Å². The first-order valence-electron chi connectivity index (χ1n) is 27.1. The Balaban J connectivity index is 0.763. The van der Waals surface area contributed by atoms with Gasteiger partial charge in [-0.15, -0.1) is 0 Å². The zero-order chi connectivity index (χ0) is 51.9. The summed E-state index contributed by atoms with van der Waals surface area (Å²) in [6, 6.07) is 105. The lowest BCUT2D eigenvalue weighted by molar-refractivity contribution is 0.660. The summed E-state index contributed by atoms with van der Waals surface area (Å²) in [4.78, 5) is 2.40. The summed E-state index contributed by atoms with van der Waals surface area (Å²) in [5, 5.41) is 5.01. The molecule has 0 aliphatic heterocycles. The number of rotatable bonds is 9. The van der Waals surface area contributed by atoms with Gasteiger partial charge < -0.3 is 14.0 Å². The van der Waals surface area contributed by atoms with Crippen LogP contribution in [0.3, 0.4) is 0 Å². The van der Waals surface area contributed by atoms with Gasteiger partial charge in [-0.25, -0.2) is 0 Å². The third kappa shape index (κ3) is 7.42. The topological polar surface area (TPSA) is 13.1 Å². The van der Waals surface area contributed by atoms with Crippen LogP contribution < -0.4 is 4.90 Å². The average molecular weight is 996 g/mol. The van der Waals surface area contributed by atoms with Gasteiger partial charge in [-0.05, 0) is 164 Å². The number of benzene rings is 12. The molecule has 3 nitrogen and oxygen atoms in total. The molecule has 0 atom stereocenters. The highest BCUT2D eigenvalue weighted by Gasteiger charge is 2.37. The third-order valence-electron chi connectivity index (χ3n) is 16.5. The van der Waals surface area contributed by atoms with E-state index in [1.54, 1.807) is 0 Å². The van der Waals surface area contributed by atoms with Gasteiger partial charge >= 0.3 is 0 Å².